The van der Waals surface area contributed by atoms with Crippen LogP contribution in [0.1, 0.15) is 6.42 Å². The highest BCUT2D eigenvalue weighted by Gasteiger charge is 2.29. The number of carbonyl (C=O) groups excluding carboxylic acids is 1. The number of hydrogen-bond donors (Lipinski definition) is 1. The lowest BCUT2D eigenvalue weighted by molar-refractivity contribution is -0.133. The van der Waals surface area contributed by atoms with Gasteiger partial charge in [-0.2, -0.15) is 4.31 Å². The van der Waals surface area contributed by atoms with E-state index in [1.165, 1.54) is 16.8 Å². The SMILES string of the molecule is O=C(COc1ccc2ccccc2c1)N1CCCN(S(=O)(=O)c2cnc[nH]2)CC1. The first-order valence-corrected chi connectivity index (χ1v) is 10.9. The van der Waals surface area contributed by atoms with Gasteiger partial charge in [0.2, 0.25) is 0 Å². The second-order valence-electron chi connectivity index (χ2n) is 6.85. The Balaban J connectivity index is 1.35. The summed E-state index contributed by atoms with van der Waals surface area (Å²) in [7, 11) is -3.62. The second kappa shape index (κ2) is 8.22. The number of aromatic amines is 1. The maximum Gasteiger partial charge on any atom is 0.260 e. The molecule has 1 amide bonds. The highest BCUT2D eigenvalue weighted by Crippen LogP contribution is 2.21. The van der Waals surface area contributed by atoms with Crippen LogP contribution in [0.3, 0.4) is 0 Å². The molecule has 0 saturated carbocycles. The van der Waals surface area contributed by atoms with Crippen LogP contribution >= 0.6 is 0 Å². The molecule has 2 aromatic carbocycles. The van der Waals surface area contributed by atoms with Gasteiger partial charge in [-0.3, -0.25) is 4.79 Å². The summed E-state index contributed by atoms with van der Waals surface area (Å²) in [4.78, 5) is 20.7. The minimum absolute atomic E-state index is 0.0666. The monoisotopic (exact) mass is 414 g/mol. The van der Waals surface area contributed by atoms with Crippen LogP contribution in [-0.2, 0) is 14.8 Å². The average molecular weight is 414 g/mol. The summed E-state index contributed by atoms with van der Waals surface area (Å²) in [6, 6.07) is 13.6. The Hall–Kier alpha value is -2.91. The number of hydrogen-bond acceptors (Lipinski definition) is 5. The van der Waals surface area contributed by atoms with Crippen molar-refractivity contribution in [2.75, 3.05) is 32.8 Å². The second-order valence-corrected chi connectivity index (χ2v) is 8.76. The number of imidazole rings is 1. The smallest absolute Gasteiger partial charge is 0.260 e. The van der Waals surface area contributed by atoms with Gasteiger partial charge >= 0.3 is 0 Å². The third-order valence-corrected chi connectivity index (χ3v) is 6.81. The Kier molecular flexibility index (Phi) is 5.50. The lowest BCUT2D eigenvalue weighted by atomic mass is 10.1. The first-order valence-electron chi connectivity index (χ1n) is 9.42. The van der Waals surface area contributed by atoms with Crippen LogP contribution in [-0.4, -0.2) is 66.3 Å². The predicted molar refractivity (Wildman–Crippen MR) is 108 cm³/mol. The molecule has 1 N–H and O–H groups in total. The lowest BCUT2D eigenvalue weighted by Gasteiger charge is -2.21. The van der Waals surface area contributed by atoms with Crippen LogP contribution in [0.25, 0.3) is 10.8 Å². The molecule has 152 valence electrons. The quantitative estimate of drug-likeness (QED) is 0.688. The molecule has 0 atom stereocenters. The normalized spacial score (nSPS) is 15.9. The van der Waals surface area contributed by atoms with Crippen LogP contribution in [0.4, 0.5) is 0 Å². The molecule has 29 heavy (non-hydrogen) atoms. The molecule has 1 saturated heterocycles. The summed E-state index contributed by atoms with van der Waals surface area (Å²) in [6.07, 6.45) is 3.19. The van der Waals surface area contributed by atoms with Gasteiger partial charge in [-0.25, -0.2) is 13.4 Å². The molecular formula is C20H22N4O4S. The van der Waals surface area contributed by atoms with Crippen LogP contribution in [0.2, 0.25) is 0 Å². The van der Waals surface area contributed by atoms with Gasteiger partial charge in [0.25, 0.3) is 15.9 Å². The van der Waals surface area contributed by atoms with E-state index >= 15 is 0 Å². The van der Waals surface area contributed by atoms with Gasteiger partial charge in [0.1, 0.15) is 5.75 Å². The summed E-state index contributed by atoms with van der Waals surface area (Å²) in [6.45, 7) is 1.34. The summed E-state index contributed by atoms with van der Waals surface area (Å²) in [5.74, 6) is 0.481. The van der Waals surface area contributed by atoms with Crippen LogP contribution in [0, 0.1) is 0 Å². The van der Waals surface area contributed by atoms with E-state index in [0.29, 0.717) is 31.8 Å². The minimum atomic E-state index is -3.62. The molecule has 9 heteroatoms. The molecule has 0 aliphatic carbocycles. The molecule has 1 fully saturated rings. The van der Waals surface area contributed by atoms with Crippen molar-refractivity contribution >= 4 is 26.7 Å². The molecule has 1 aromatic heterocycles. The molecule has 3 aromatic rings. The molecule has 1 aliphatic heterocycles. The Morgan fingerprint density at radius 2 is 1.90 bits per heavy atom. The zero-order chi connectivity index (χ0) is 20.3. The number of nitrogens with one attached hydrogen (secondary N) is 1. The van der Waals surface area contributed by atoms with Gasteiger partial charge in [0.05, 0.1) is 12.5 Å². The number of sulfonamides is 1. The van der Waals surface area contributed by atoms with Gasteiger partial charge in [0, 0.05) is 26.2 Å². The van der Waals surface area contributed by atoms with E-state index in [1.807, 2.05) is 42.5 Å². The van der Waals surface area contributed by atoms with Gasteiger partial charge in [-0.1, -0.05) is 30.3 Å². The molecule has 2 heterocycles. The zero-order valence-corrected chi connectivity index (χ0v) is 16.6. The number of fused-ring (bicyclic) bond motifs is 1. The van der Waals surface area contributed by atoms with Crippen molar-refractivity contribution in [2.45, 2.75) is 11.4 Å². The van der Waals surface area contributed by atoms with Gasteiger partial charge in [-0.05, 0) is 29.3 Å². The van der Waals surface area contributed by atoms with Crippen molar-refractivity contribution in [2.24, 2.45) is 0 Å². The lowest BCUT2D eigenvalue weighted by Crippen LogP contribution is -2.39. The first-order chi connectivity index (χ1) is 14.0. The molecule has 4 rings (SSSR count). The molecule has 1 aliphatic rings. The maximum absolute atomic E-state index is 12.6. The Morgan fingerprint density at radius 1 is 1.07 bits per heavy atom. The van der Waals surface area contributed by atoms with E-state index in [9.17, 15) is 13.2 Å². The summed E-state index contributed by atoms with van der Waals surface area (Å²) in [5, 5.41) is 2.22. The van der Waals surface area contributed by atoms with E-state index in [2.05, 4.69) is 9.97 Å². The molecular weight excluding hydrogens is 392 g/mol. The third-order valence-electron chi connectivity index (χ3n) is 4.98. The van der Waals surface area contributed by atoms with E-state index in [1.54, 1.807) is 4.90 Å². The number of aromatic nitrogens is 2. The molecule has 0 spiro atoms. The van der Waals surface area contributed by atoms with Crippen molar-refractivity contribution in [3.63, 3.8) is 0 Å². The van der Waals surface area contributed by atoms with Crippen molar-refractivity contribution in [1.82, 2.24) is 19.2 Å². The zero-order valence-electron chi connectivity index (χ0n) is 15.8. The summed E-state index contributed by atoms with van der Waals surface area (Å²) >= 11 is 0. The fourth-order valence-electron chi connectivity index (χ4n) is 3.40. The Morgan fingerprint density at radius 3 is 2.69 bits per heavy atom. The molecule has 0 unspecified atom stereocenters. The average Bonchev–Trinajstić information content (AvgIpc) is 3.17. The van der Waals surface area contributed by atoms with E-state index in [4.69, 9.17) is 4.74 Å². The van der Waals surface area contributed by atoms with E-state index in [-0.39, 0.29) is 24.1 Å². The van der Waals surface area contributed by atoms with Gasteiger partial charge in [-0.15, -0.1) is 0 Å². The highest BCUT2D eigenvalue weighted by atomic mass is 32.2. The number of carbonyl (C=O) groups is 1. The summed E-state index contributed by atoms with van der Waals surface area (Å²) < 4.78 is 32.3. The van der Waals surface area contributed by atoms with Crippen LogP contribution < -0.4 is 4.74 Å². The fraction of sp³-hybridized carbons (Fsp3) is 0.300. The Bertz CT molecular complexity index is 1100. The number of rotatable bonds is 5. The minimum Gasteiger partial charge on any atom is -0.484 e. The van der Waals surface area contributed by atoms with Crippen LogP contribution in [0.5, 0.6) is 5.75 Å². The molecule has 8 nitrogen and oxygen atoms in total. The molecule has 0 bridgehead atoms. The topological polar surface area (TPSA) is 95.6 Å². The number of ether oxygens (including phenoxy) is 1. The number of H-pyrrole nitrogens is 1. The highest BCUT2D eigenvalue weighted by molar-refractivity contribution is 7.89. The predicted octanol–water partition coefficient (Wildman–Crippen LogP) is 1.86. The van der Waals surface area contributed by atoms with E-state index < -0.39 is 10.0 Å². The van der Waals surface area contributed by atoms with Crippen molar-refractivity contribution < 1.29 is 17.9 Å². The fourth-order valence-corrected chi connectivity index (χ4v) is 4.77. The first kappa shape index (κ1) is 19.4. The van der Waals surface area contributed by atoms with Crippen molar-refractivity contribution in [3.8, 4) is 5.75 Å². The van der Waals surface area contributed by atoms with Crippen molar-refractivity contribution in [1.29, 1.82) is 0 Å². The van der Waals surface area contributed by atoms with E-state index in [0.717, 1.165) is 10.8 Å². The standard InChI is InChI=1S/C20H22N4O4S/c25-20(14-28-18-7-6-16-4-1-2-5-17(16)12-18)23-8-3-9-24(11-10-23)29(26,27)19-13-21-15-22-19/h1-2,4-7,12-13,15H,3,8-11,14H2,(H,21,22). The third kappa shape index (κ3) is 4.25. The number of benzene rings is 2. The largest absolute Gasteiger partial charge is 0.484 e. The maximum atomic E-state index is 12.6. The molecule has 0 radical (unpaired) electrons. The van der Waals surface area contributed by atoms with Crippen LogP contribution in [0.15, 0.2) is 60.0 Å². The van der Waals surface area contributed by atoms with Gasteiger partial charge in [0.15, 0.2) is 11.6 Å². The number of nitrogens with zero attached hydrogens (tertiary/aromatic N) is 3. The Labute approximate surface area is 169 Å². The van der Waals surface area contributed by atoms with Gasteiger partial charge < -0.3 is 14.6 Å². The number of amides is 1. The summed E-state index contributed by atoms with van der Waals surface area (Å²) in [5.41, 5.74) is 0. The van der Waals surface area contributed by atoms with Crippen molar-refractivity contribution in [3.05, 3.63) is 55.0 Å².